The summed E-state index contributed by atoms with van der Waals surface area (Å²) in [5, 5.41) is 3.09. The van der Waals surface area contributed by atoms with Crippen LogP contribution >= 0.6 is 0 Å². The number of anilines is 1. The average molecular weight is 264 g/mol. The zero-order valence-corrected chi connectivity index (χ0v) is 13.0. The van der Waals surface area contributed by atoms with Crippen molar-refractivity contribution in [1.29, 1.82) is 0 Å². The molecule has 0 spiro atoms. The molecule has 1 heterocycles. The highest BCUT2D eigenvalue weighted by atomic mass is 15.2. The molecule has 0 aliphatic heterocycles. The van der Waals surface area contributed by atoms with Crippen LogP contribution in [0.1, 0.15) is 46.2 Å². The summed E-state index contributed by atoms with van der Waals surface area (Å²) < 4.78 is 0. The standard InChI is InChI=1S/C15H28N4/c1-6-14(7-2)19(11-12(3)4)15-10-17-13(8-16-5)9-18-15/h9-10,12,14,16H,6-8,11H2,1-5H3. The number of nitrogens with zero attached hydrogens (tertiary/aromatic N) is 3. The first-order chi connectivity index (χ1) is 9.12. The second-order valence-corrected chi connectivity index (χ2v) is 5.41. The van der Waals surface area contributed by atoms with Crippen molar-refractivity contribution in [2.75, 3.05) is 18.5 Å². The maximum Gasteiger partial charge on any atom is 0.147 e. The molecule has 19 heavy (non-hydrogen) atoms. The molecule has 0 amide bonds. The summed E-state index contributed by atoms with van der Waals surface area (Å²) in [5.74, 6) is 1.63. The number of rotatable bonds is 8. The van der Waals surface area contributed by atoms with Crippen LogP contribution in [-0.4, -0.2) is 29.6 Å². The van der Waals surface area contributed by atoms with Crippen LogP contribution in [0, 0.1) is 5.92 Å². The Balaban J connectivity index is 2.89. The third kappa shape index (κ3) is 4.78. The third-order valence-corrected chi connectivity index (χ3v) is 3.29. The van der Waals surface area contributed by atoms with Crippen molar-refractivity contribution in [2.45, 2.75) is 53.1 Å². The molecule has 0 bridgehead atoms. The molecule has 108 valence electrons. The molecule has 0 atom stereocenters. The minimum Gasteiger partial charge on any atom is -0.352 e. The molecule has 1 aromatic heterocycles. The zero-order valence-electron chi connectivity index (χ0n) is 13.0. The van der Waals surface area contributed by atoms with Gasteiger partial charge in [0, 0.05) is 19.1 Å². The highest BCUT2D eigenvalue weighted by Gasteiger charge is 2.18. The quantitative estimate of drug-likeness (QED) is 0.784. The fourth-order valence-corrected chi connectivity index (χ4v) is 2.32. The first-order valence-electron chi connectivity index (χ1n) is 7.34. The summed E-state index contributed by atoms with van der Waals surface area (Å²) in [7, 11) is 1.92. The molecule has 1 rings (SSSR count). The van der Waals surface area contributed by atoms with E-state index < -0.39 is 0 Å². The van der Waals surface area contributed by atoms with Crippen molar-refractivity contribution in [3.63, 3.8) is 0 Å². The average Bonchev–Trinajstić information content (AvgIpc) is 2.40. The van der Waals surface area contributed by atoms with Gasteiger partial charge < -0.3 is 10.2 Å². The highest BCUT2D eigenvalue weighted by molar-refractivity contribution is 5.37. The zero-order chi connectivity index (χ0) is 14.3. The lowest BCUT2D eigenvalue weighted by Gasteiger charge is -2.32. The van der Waals surface area contributed by atoms with E-state index in [2.05, 4.69) is 47.9 Å². The molecular formula is C15H28N4. The summed E-state index contributed by atoms with van der Waals surface area (Å²) in [6.07, 6.45) is 6.07. The van der Waals surface area contributed by atoms with Gasteiger partial charge in [0.2, 0.25) is 0 Å². The monoisotopic (exact) mass is 264 g/mol. The van der Waals surface area contributed by atoms with Crippen molar-refractivity contribution >= 4 is 5.82 Å². The molecule has 0 radical (unpaired) electrons. The van der Waals surface area contributed by atoms with E-state index in [1.807, 2.05) is 19.4 Å². The normalized spacial score (nSPS) is 11.3. The Morgan fingerprint density at radius 2 is 1.84 bits per heavy atom. The Morgan fingerprint density at radius 1 is 1.16 bits per heavy atom. The Kier molecular flexibility index (Phi) is 6.78. The smallest absolute Gasteiger partial charge is 0.147 e. The number of nitrogens with one attached hydrogen (secondary N) is 1. The van der Waals surface area contributed by atoms with Gasteiger partial charge in [0.1, 0.15) is 5.82 Å². The van der Waals surface area contributed by atoms with Crippen molar-refractivity contribution in [3.05, 3.63) is 18.1 Å². The summed E-state index contributed by atoms with van der Waals surface area (Å²) in [6.45, 7) is 10.8. The van der Waals surface area contributed by atoms with Crippen LogP contribution in [-0.2, 0) is 6.54 Å². The fourth-order valence-electron chi connectivity index (χ4n) is 2.32. The maximum absolute atomic E-state index is 4.59. The lowest BCUT2D eigenvalue weighted by atomic mass is 10.1. The minimum atomic E-state index is 0.548. The van der Waals surface area contributed by atoms with E-state index >= 15 is 0 Å². The Morgan fingerprint density at radius 3 is 2.26 bits per heavy atom. The van der Waals surface area contributed by atoms with Crippen molar-refractivity contribution in [1.82, 2.24) is 15.3 Å². The van der Waals surface area contributed by atoms with E-state index in [0.29, 0.717) is 12.0 Å². The van der Waals surface area contributed by atoms with Gasteiger partial charge in [-0.05, 0) is 25.8 Å². The van der Waals surface area contributed by atoms with Crippen LogP contribution in [0.4, 0.5) is 5.82 Å². The summed E-state index contributed by atoms with van der Waals surface area (Å²) in [4.78, 5) is 11.5. The predicted molar refractivity (Wildman–Crippen MR) is 81.3 cm³/mol. The highest BCUT2D eigenvalue weighted by Crippen LogP contribution is 2.19. The topological polar surface area (TPSA) is 41.1 Å². The molecule has 0 aliphatic rings. The van der Waals surface area contributed by atoms with Gasteiger partial charge in [0.15, 0.2) is 0 Å². The lowest BCUT2D eigenvalue weighted by molar-refractivity contribution is 0.502. The van der Waals surface area contributed by atoms with E-state index in [-0.39, 0.29) is 0 Å². The van der Waals surface area contributed by atoms with Gasteiger partial charge >= 0.3 is 0 Å². The second-order valence-electron chi connectivity index (χ2n) is 5.41. The van der Waals surface area contributed by atoms with Crippen LogP contribution in [0.15, 0.2) is 12.4 Å². The largest absolute Gasteiger partial charge is 0.352 e. The molecular weight excluding hydrogens is 236 g/mol. The SMILES string of the molecule is CCC(CC)N(CC(C)C)c1cnc(CNC)cn1. The Bertz CT molecular complexity index is 344. The lowest BCUT2D eigenvalue weighted by Crippen LogP contribution is -2.38. The van der Waals surface area contributed by atoms with Gasteiger partial charge in [-0.25, -0.2) is 4.98 Å². The Hall–Kier alpha value is -1.16. The molecule has 1 aromatic rings. The molecule has 0 unspecified atom stereocenters. The predicted octanol–water partition coefficient (Wildman–Crippen LogP) is 2.85. The number of hydrogen-bond donors (Lipinski definition) is 1. The molecule has 0 fully saturated rings. The number of hydrogen-bond acceptors (Lipinski definition) is 4. The third-order valence-electron chi connectivity index (χ3n) is 3.29. The molecule has 0 saturated heterocycles. The van der Waals surface area contributed by atoms with E-state index in [1.54, 1.807) is 0 Å². The van der Waals surface area contributed by atoms with Gasteiger partial charge in [-0.3, -0.25) is 4.98 Å². The first kappa shape index (κ1) is 15.9. The van der Waals surface area contributed by atoms with Gasteiger partial charge in [-0.1, -0.05) is 27.7 Å². The van der Waals surface area contributed by atoms with E-state index in [0.717, 1.165) is 37.4 Å². The Labute approximate surface area is 117 Å². The van der Waals surface area contributed by atoms with Crippen LogP contribution in [0.5, 0.6) is 0 Å². The minimum absolute atomic E-state index is 0.548. The fraction of sp³-hybridized carbons (Fsp3) is 0.733. The summed E-state index contributed by atoms with van der Waals surface area (Å²) in [5.41, 5.74) is 0.986. The molecule has 0 aromatic carbocycles. The number of aromatic nitrogens is 2. The van der Waals surface area contributed by atoms with E-state index in [1.165, 1.54) is 0 Å². The summed E-state index contributed by atoms with van der Waals surface area (Å²) >= 11 is 0. The second kappa shape index (κ2) is 8.10. The van der Waals surface area contributed by atoms with Gasteiger partial charge in [0.25, 0.3) is 0 Å². The maximum atomic E-state index is 4.59. The van der Waals surface area contributed by atoms with E-state index in [4.69, 9.17) is 0 Å². The van der Waals surface area contributed by atoms with Gasteiger partial charge in [0.05, 0.1) is 18.1 Å². The van der Waals surface area contributed by atoms with Gasteiger partial charge in [-0.15, -0.1) is 0 Å². The molecule has 4 heteroatoms. The van der Waals surface area contributed by atoms with Crippen LogP contribution in [0.2, 0.25) is 0 Å². The van der Waals surface area contributed by atoms with Crippen LogP contribution in [0.3, 0.4) is 0 Å². The van der Waals surface area contributed by atoms with Gasteiger partial charge in [-0.2, -0.15) is 0 Å². The first-order valence-corrected chi connectivity index (χ1v) is 7.34. The molecule has 0 aliphatic carbocycles. The molecule has 1 N–H and O–H groups in total. The van der Waals surface area contributed by atoms with Crippen molar-refractivity contribution in [2.24, 2.45) is 5.92 Å². The molecule has 4 nitrogen and oxygen atoms in total. The van der Waals surface area contributed by atoms with Crippen LogP contribution < -0.4 is 10.2 Å². The van der Waals surface area contributed by atoms with E-state index in [9.17, 15) is 0 Å². The summed E-state index contributed by atoms with van der Waals surface area (Å²) in [6, 6.07) is 0.548. The van der Waals surface area contributed by atoms with Crippen molar-refractivity contribution < 1.29 is 0 Å². The molecule has 0 saturated carbocycles. The van der Waals surface area contributed by atoms with Crippen molar-refractivity contribution in [3.8, 4) is 0 Å². The van der Waals surface area contributed by atoms with Crippen LogP contribution in [0.25, 0.3) is 0 Å².